The second-order valence-corrected chi connectivity index (χ2v) is 4.12. The molecule has 2 atom stereocenters. The number of fused-ring (bicyclic) bond motifs is 1. The maximum atomic E-state index is 11.8. The summed E-state index contributed by atoms with van der Waals surface area (Å²) in [4.78, 5) is 37.2. The number of amides is 2. The number of nitrogens with one attached hydrogen (secondary N) is 2. The Morgan fingerprint density at radius 1 is 1.45 bits per heavy atom. The first-order chi connectivity index (χ1) is 9.40. The van der Waals surface area contributed by atoms with Gasteiger partial charge in [-0.3, -0.25) is 9.59 Å². The van der Waals surface area contributed by atoms with E-state index in [0.717, 1.165) is 0 Å². The van der Waals surface area contributed by atoms with Gasteiger partial charge >= 0.3 is 0 Å². The predicted octanol–water partition coefficient (Wildman–Crippen LogP) is -1.90. The molecule has 2 unspecified atom stereocenters. The Hall–Kier alpha value is -2.59. The summed E-state index contributed by atoms with van der Waals surface area (Å²) in [6, 6.07) is -1.14. The highest BCUT2D eigenvalue weighted by Crippen LogP contribution is 2.16. The van der Waals surface area contributed by atoms with Gasteiger partial charge < -0.3 is 26.9 Å². The molecule has 0 aliphatic rings. The molecular formula is C10H13N7O3. The van der Waals surface area contributed by atoms with Crippen molar-refractivity contribution < 1.29 is 14.7 Å². The van der Waals surface area contributed by atoms with Crippen LogP contribution in [0.1, 0.15) is 17.5 Å². The fraction of sp³-hybridized carbons (Fsp3) is 0.300. The summed E-state index contributed by atoms with van der Waals surface area (Å²) >= 11 is 0. The van der Waals surface area contributed by atoms with E-state index in [0.29, 0.717) is 5.52 Å². The van der Waals surface area contributed by atoms with Gasteiger partial charge in [0.15, 0.2) is 11.5 Å². The Kier molecular flexibility index (Phi) is 3.59. The number of rotatable bonds is 4. The van der Waals surface area contributed by atoms with Crippen molar-refractivity contribution in [2.24, 2.45) is 11.5 Å². The Morgan fingerprint density at radius 3 is 2.75 bits per heavy atom. The van der Waals surface area contributed by atoms with Gasteiger partial charge in [-0.1, -0.05) is 0 Å². The van der Waals surface area contributed by atoms with Crippen LogP contribution in [-0.4, -0.2) is 49.0 Å². The molecule has 0 aliphatic carbocycles. The fourth-order valence-electron chi connectivity index (χ4n) is 1.45. The van der Waals surface area contributed by atoms with Crippen LogP contribution in [0.2, 0.25) is 0 Å². The fourth-order valence-corrected chi connectivity index (χ4v) is 1.45. The zero-order valence-electron chi connectivity index (χ0n) is 10.5. The van der Waals surface area contributed by atoms with E-state index in [1.54, 1.807) is 0 Å². The number of H-pyrrole nitrogens is 1. The van der Waals surface area contributed by atoms with Crippen molar-refractivity contribution in [2.75, 3.05) is 5.32 Å². The number of carbonyl (C=O) groups excluding carboxylic acids is 2. The highest BCUT2D eigenvalue weighted by Gasteiger charge is 2.21. The minimum atomic E-state index is -1.14. The summed E-state index contributed by atoms with van der Waals surface area (Å²) in [5.74, 6) is -1.79. The molecule has 2 aromatic heterocycles. The molecule has 0 aliphatic heterocycles. The molecule has 0 saturated carbocycles. The highest BCUT2D eigenvalue weighted by atomic mass is 16.3. The van der Waals surface area contributed by atoms with Crippen LogP contribution < -0.4 is 16.8 Å². The number of aromatic amines is 1. The largest absolute Gasteiger partial charge is 0.391 e. The third-order valence-corrected chi connectivity index (χ3v) is 2.57. The minimum absolute atomic E-state index is 0.0161. The van der Waals surface area contributed by atoms with Gasteiger partial charge in [0.05, 0.1) is 12.4 Å². The minimum Gasteiger partial charge on any atom is -0.391 e. The van der Waals surface area contributed by atoms with Crippen molar-refractivity contribution >= 4 is 28.8 Å². The summed E-state index contributed by atoms with van der Waals surface area (Å²) in [5.41, 5.74) is 11.1. The molecule has 0 fully saturated rings. The Bertz CT molecular complexity index is 666. The van der Waals surface area contributed by atoms with Gasteiger partial charge in [0.25, 0.3) is 5.91 Å². The lowest BCUT2D eigenvalue weighted by Gasteiger charge is -2.14. The molecule has 2 heterocycles. The molecule has 0 radical (unpaired) electrons. The summed E-state index contributed by atoms with van der Waals surface area (Å²) in [6.45, 7) is 1.38. The van der Waals surface area contributed by atoms with Crippen molar-refractivity contribution in [1.29, 1.82) is 0 Å². The first kappa shape index (κ1) is 13.8. The Morgan fingerprint density at radius 2 is 2.15 bits per heavy atom. The smallest absolute Gasteiger partial charge is 0.286 e. The van der Waals surface area contributed by atoms with E-state index in [1.807, 2.05) is 0 Å². The summed E-state index contributed by atoms with van der Waals surface area (Å²) in [6.07, 6.45) is 0.290. The quantitative estimate of drug-likeness (QED) is 0.434. The van der Waals surface area contributed by atoms with Gasteiger partial charge in [-0.2, -0.15) is 0 Å². The number of aliphatic hydroxyl groups excluding tert-OH is 1. The lowest BCUT2D eigenvalue weighted by molar-refractivity contribution is -0.119. The maximum absolute atomic E-state index is 11.8. The van der Waals surface area contributed by atoms with Crippen molar-refractivity contribution in [3.63, 3.8) is 0 Å². The van der Waals surface area contributed by atoms with Crippen LogP contribution in [0.3, 0.4) is 0 Å². The molecule has 10 nitrogen and oxygen atoms in total. The zero-order chi connectivity index (χ0) is 14.9. The number of nitrogens with zero attached hydrogens (tertiary/aromatic N) is 3. The molecular weight excluding hydrogens is 266 g/mol. The number of nitrogens with two attached hydrogens (primary N) is 2. The first-order valence-electron chi connectivity index (χ1n) is 5.65. The van der Waals surface area contributed by atoms with Crippen LogP contribution in [0, 0.1) is 0 Å². The number of hydrogen-bond acceptors (Lipinski definition) is 7. The number of aromatic nitrogens is 4. The number of imidazole rings is 1. The van der Waals surface area contributed by atoms with E-state index in [9.17, 15) is 14.7 Å². The van der Waals surface area contributed by atoms with Crippen molar-refractivity contribution in [3.8, 4) is 0 Å². The van der Waals surface area contributed by atoms with Crippen LogP contribution in [0.5, 0.6) is 0 Å². The molecule has 2 aromatic rings. The molecule has 0 spiro atoms. The van der Waals surface area contributed by atoms with E-state index in [4.69, 9.17) is 11.5 Å². The van der Waals surface area contributed by atoms with Crippen molar-refractivity contribution in [3.05, 3.63) is 12.2 Å². The second-order valence-electron chi connectivity index (χ2n) is 4.12. The summed E-state index contributed by atoms with van der Waals surface area (Å²) in [7, 11) is 0. The number of anilines is 1. The van der Waals surface area contributed by atoms with E-state index in [1.165, 1.54) is 13.3 Å². The Labute approximate surface area is 112 Å². The molecule has 106 valence electrons. The average Bonchev–Trinajstić information content (AvgIpc) is 2.85. The maximum Gasteiger partial charge on any atom is 0.286 e. The molecule has 10 heteroatoms. The van der Waals surface area contributed by atoms with Crippen LogP contribution in [-0.2, 0) is 4.79 Å². The highest BCUT2D eigenvalue weighted by molar-refractivity contribution is 6.01. The van der Waals surface area contributed by atoms with Crippen LogP contribution in [0.25, 0.3) is 11.2 Å². The zero-order valence-corrected chi connectivity index (χ0v) is 10.5. The molecule has 20 heavy (non-hydrogen) atoms. The van der Waals surface area contributed by atoms with E-state index in [-0.39, 0.29) is 17.3 Å². The van der Waals surface area contributed by atoms with Gasteiger partial charge in [0.1, 0.15) is 11.6 Å². The molecule has 2 amide bonds. The van der Waals surface area contributed by atoms with Gasteiger partial charge in [0, 0.05) is 0 Å². The van der Waals surface area contributed by atoms with Crippen LogP contribution >= 0.6 is 0 Å². The predicted molar refractivity (Wildman–Crippen MR) is 68.5 cm³/mol. The molecule has 0 bridgehead atoms. The molecule has 0 aromatic carbocycles. The monoisotopic (exact) mass is 279 g/mol. The van der Waals surface area contributed by atoms with Gasteiger partial charge in [0.2, 0.25) is 11.7 Å². The standard InChI is InChI=1S/C10H13N7O3/c1-3(18)4(11)10(20)17-8-5-7(14-2-13-5)15-9(16-8)6(12)19/h2-4,18H,11H2,1H3,(H2,12,19)(H2,13,14,15,16,17,20). The normalized spacial score (nSPS) is 13.9. The number of aliphatic hydroxyl groups is 1. The lowest BCUT2D eigenvalue weighted by Crippen LogP contribution is -2.44. The van der Waals surface area contributed by atoms with Crippen LogP contribution in [0.15, 0.2) is 6.33 Å². The molecule has 0 saturated heterocycles. The number of carbonyl (C=O) groups is 2. The third kappa shape index (κ3) is 2.55. The average molecular weight is 279 g/mol. The molecule has 2 rings (SSSR count). The van der Waals surface area contributed by atoms with Crippen molar-refractivity contribution in [2.45, 2.75) is 19.1 Å². The van der Waals surface area contributed by atoms with Gasteiger partial charge in [-0.05, 0) is 6.92 Å². The topological polar surface area (TPSA) is 173 Å². The van der Waals surface area contributed by atoms with E-state index >= 15 is 0 Å². The van der Waals surface area contributed by atoms with E-state index in [2.05, 4.69) is 25.3 Å². The SMILES string of the molecule is CC(O)C(N)C(=O)Nc1nc(C(N)=O)nc2nc[nH]c12. The van der Waals surface area contributed by atoms with Gasteiger partial charge in [-0.25, -0.2) is 15.0 Å². The van der Waals surface area contributed by atoms with E-state index < -0.39 is 24.0 Å². The van der Waals surface area contributed by atoms with Crippen molar-refractivity contribution in [1.82, 2.24) is 19.9 Å². The number of hydrogen-bond donors (Lipinski definition) is 5. The third-order valence-electron chi connectivity index (χ3n) is 2.57. The first-order valence-corrected chi connectivity index (χ1v) is 5.65. The summed E-state index contributed by atoms with van der Waals surface area (Å²) in [5, 5.41) is 11.7. The molecule has 7 N–H and O–H groups in total. The summed E-state index contributed by atoms with van der Waals surface area (Å²) < 4.78 is 0. The second kappa shape index (κ2) is 5.19. The number of primary amides is 1. The van der Waals surface area contributed by atoms with Crippen LogP contribution in [0.4, 0.5) is 5.82 Å². The van der Waals surface area contributed by atoms with Gasteiger partial charge in [-0.15, -0.1) is 0 Å². The Balaban J connectivity index is 2.40. The lowest BCUT2D eigenvalue weighted by atomic mass is 10.2.